The summed E-state index contributed by atoms with van der Waals surface area (Å²) >= 11 is 1.63. The number of rotatable bonds is 8. The van der Waals surface area contributed by atoms with E-state index in [1.165, 1.54) is 0 Å². The van der Waals surface area contributed by atoms with E-state index in [-0.39, 0.29) is 12.4 Å². The van der Waals surface area contributed by atoms with Crippen molar-refractivity contribution in [3.63, 3.8) is 0 Å². The van der Waals surface area contributed by atoms with E-state index in [1.54, 1.807) is 11.8 Å². The number of ether oxygens (including phenoxy) is 1. The number of aromatic amines is 1. The van der Waals surface area contributed by atoms with Crippen molar-refractivity contribution >= 4 is 24.2 Å². The minimum absolute atomic E-state index is 0. The van der Waals surface area contributed by atoms with Crippen LogP contribution in [-0.4, -0.2) is 27.5 Å². The summed E-state index contributed by atoms with van der Waals surface area (Å²) in [5, 5.41) is 7.98. The van der Waals surface area contributed by atoms with Gasteiger partial charge < -0.3 is 10.5 Å². The maximum absolute atomic E-state index is 5.74. The lowest BCUT2D eigenvalue weighted by atomic mass is 10.2. The minimum atomic E-state index is 0. The SMILES string of the molecule is Cl.NCc1cccc(OCCCSc2n[nH]c(-c3ccccc3)n2)c1. The maximum atomic E-state index is 5.74. The van der Waals surface area contributed by atoms with Crippen molar-refractivity contribution in [1.82, 2.24) is 15.2 Å². The molecule has 0 saturated carbocycles. The van der Waals surface area contributed by atoms with Crippen molar-refractivity contribution in [2.75, 3.05) is 12.4 Å². The Labute approximate surface area is 157 Å². The predicted molar refractivity (Wildman–Crippen MR) is 104 cm³/mol. The number of halogens is 1. The van der Waals surface area contributed by atoms with Gasteiger partial charge in [0.15, 0.2) is 5.82 Å². The van der Waals surface area contributed by atoms with Gasteiger partial charge in [-0.25, -0.2) is 4.98 Å². The van der Waals surface area contributed by atoms with E-state index in [9.17, 15) is 0 Å². The molecule has 7 heteroatoms. The zero-order valence-electron chi connectivity index (χ0n) is 13.7. The fraction of sp³-hybridized carbons (Fsp3) is 0.222. The lowest BCUT2D eigenvalue weighted by Crippen LogP contribution is -2.01. The molecule has 25 heavy (non-hydrogen) atoms. The molecule has 5 nitrogen and oxygen atoms in total. The third-order valence-corrected chi connectivity index (χ3v) is 4.37. The lowest BCUT2D eigenvalue weighted by Gasteiger charge is -2.06. The molecular formula is C18H21ClN4OS. The monoisotopic (exact) mass is 376 g/mol. The lowest BCUT2D eigenvalue weighted by molar-refractivity contribution is 0.318. The molecule has 0 spiro atoms. The highest BCUT2D eigenvalue weighted by Crippen LogP contribution is 2.19. The van der Waals surface area contributed by atoms with Gasteiger partial charge in [-0.2, -0.15) is 0 Å². The van der Waals surface area contributed by atoms with Crippen LogP contribution in [0.25, 0.3) is 11.4 Å². The molecule has 0 aliphatic rings. The van der Waals surface area contributed by atoms with Gasteiger partial charge in [-0.15, -0.1) is 17.5 Å². The number of nitrogens with zero attached hydrogens (tertiary/aromatic N) is 2. The first-order valence-electron chi connectivity index (χ1n) is 7.87. The number of benzene rings is 2. The van der Waals surface area contributed by atoms with Crippen LogP contribution >= 0.6 is 24.2 Å². The van der Waals surface area contributed by atoms with E-state index >= 15 is 0 Å². The standard InChI is InChI=1S/C18H20N4OS.ClH/c19-13-14-6-4-9-16(12-14)23-10-5-11-24-18-20-17(21-22-18)15-7-2-1-3-8-15;/h1-4,6-9,12H,5,10-11,13,19H2,(H,20,21,22);1H. The van der Waals surface area contributed by atoms with E-state index in [0.717, 1.165) is 40.0 Å². The summed E-state index contributed by atoms with van der Waals surface area (Å²) in [7, 11) is 0. The summed E-state index contributed by atoms with van der Waals surface area (Å²) < 4.78 is 5.74. The molecule has 3 rings (SSSR count). The Hall–Kier alpha value is -2.02. The number of hydrogen-bond acceptors (Lipinski definition) is 5. The molecule has 0 bridgehead atoms. The van der Waals surface area contributed by atoms with Crippen LogP contribution < -0.4 is 10.5 Å². The molecule has 0 aliphatic carbocycles. The molecular weight excluding hydrogens is 356 g/mol. The van der Waals surface area contributed by atoms with Gasteiger partial charge in [0.25, 0.3) is 0 Å². The Balaban J connectivity index is 0.00000225. The maximum Gasteiger partial charge on any atom is 0.208 e. The number of nitrogens with one attached hydrogen (secondary N) is 1. The van der Waals surface area contributed by atoms with Crippen molar-refractivity contribution in [2.45, 2.75) is 18.1 Å². The van der Waals surface area contributed by atoms with Crippen LogP contribution in [-0.2, 0) is 6.54 Å². The summed E-state index contributed by atoms with van der Waals surface area (Å²) in [5.74, 6) is 2.57. The molecule has 0 fully saturated rings. The zero-order valence-corrected chi connectivity index (χ0v) is 15.4. The van der Waals surface area contributed by atoms with Gasteiger partial charge in [-0.3, -0.25) is 5.10 Å². The second-order valence-corrected chi connectivity index (χ2v) is 6.30. The first kappa shape index (κ1) is 19.3. The molecule has 2 aromatic carbocycles. The first-order chi connectivity index (χ1) is 11.8. The second-order valence-electron chi connectivity index (χ2n) is 5.23. The molecule has 0 atom stereocenters. The van der Waals surface area contributed by atoms with Crippen LogP contribution in [0.5, 0.6) is 5.75 Å². The molecule has 132 valence electrons. The third kappa shape index (κ3) is 5.77. The number of aromatic nitrogens is 3. The van der Waals surface area contributed by atoms with E-state index < -0.39 is 0 Å². The quantitative estimate of drug-likeness (QED) is 0.460. The Kier molecular flexibility index (Phi) is 7.78. The van der Waals surface area contributed by atoms with Crippen molar-refractivity contribution in [3.05, 3.63) is 60.2 Å². The number of nitrogens with two attached hydrogens (primary N) is 1. The Morgan fingerprint density at radius 1 is 1.08 bits per heavy atom. The van der Waals surface area contributed by atoms with E-state index in [2.05, 4.69) is 15.2 Å². The summed E-state index contributed by atoms with van der Waals surface area (Å²) in [4.78, 5) is 4.50. The van der Waals surface area contributed by atoms with Crippen LogP contribution in [0, 0.1) is 0 Å². The van der Waals surface area contributed by atoms with Crippen molar-refractivity contribution in [3.8, 4) is 17.1 Å². The van der Waals surface area contributed by atoms with E-state index in [4.69, 9.17) is 10.5 Å². The Morgan fingerprint density at radius 3 is 2.72 bits per heavy atom. The average Bonchev–Trinajstić information content (AvgIpc) is 3.11. The van der Waals surface area contributed by atoms with Crippen LogP contribution in [0.4, 0.5) is 0 Å². The molecule has 0 radical (unpaired) electrons. The van der Waals surface area contributed by atoms with Gasteiger partial charge in [0.2, 0.25) is 5.16 Å². The Morgan fingerprint density at radius 2 is 1.92 bits per heavy atom. The number of thioether (sulfide) groups is 1. The van der Waals surface area contributed by atoms with Crippen molar-refractivity contribution in [2.24, 2.45) is 5.73 Å². The fourth-order valence-corrected chi connectivity index (χ4v) is 2.92. The van der Waals surface area contributed by atoms with Crippen LogP contribution in [0.15, 0.2) is 59.8 Å². The van der Waals surface area contributed by atoms with Crippen LogP contribution in [0.3, 0.4) is 0 Å². The molecule has 3 aromatic rings. The van der Waals surface area contributed by atoms with Crippen molar-refractivity contribution < 1.29 is 4.74 Å². The molecule has 1 heterocycles. The van der Waals surface area contributed by atoms with E-state index in [1.807, 2.05) is 54.6 Å². The van der Waals surface area contributed by atoms with Crippen LogP contribution in [0.2, 0.25) is 0 Å². The molecule has 0 saturated heterocycles. The van der Waals surface area contributed by atoms with Gasteiger partial charge in [0.1, 0.15) is 5.75 Å². The Bertz CT molecular complexity index is 767. The second kappa shape index (κ2) is 10.1. The van der Waals surface area contributed by atoms with Gasteiger partial charge in [-0.05, 0) is 24.1 Å². The molecule has 0 unspecified atom stereocenters. The molecule has 1 aromatic heterocycles. The number of hydrogen-bond donors (Lipinski definition) is 2. The molecule has 3 N–H and O–H groups in total. The number of H-pyrrole nitrogens is 1. The smallest absolute Gasteiger partial charge is 0.208 e. The first-order valence-corrected chi connectivity index (χ1v) is 8.86. The summed E-state index contributed by atoms with van der Waals surface area (Å²) in [6, 6.07) is 17.9. The fourth-order valence-electron chi connectivity index (χ4n) is 2.21. The van der Waals surface area contributed by atoms with Gasteiger partial charge >= 0.3 is 0 Å². The summed E-state index contributed by atoms with van der Waals surface area (Å²) in [5.41, 5.74) is 7.75. The highest BCUT2D eigenvalue weighted by molar-refractivity contribution is 7.99. The van der Waals surface area contributed by atoms with E-state index in [0.29, 0.717) is 13.2 Å². The molecule has 0 aliphatic heterocycles. The highest BCUT2D eigenvalue weighted by atomic mass is 35.5. The summed E-state index contributed by atoms with van der Waals surface area (Å²) in [6.07, 6.45) is 0.923. The largest absolute Gasteiger partial charge is 0.494 e. The van der Waals surface area contributed by atoms with Crippen molar-refractivity contribution in [1.29, 1.82) is 0 Å². The topological polar surface area (TPSA) is 76.8 Å². The van der Waals surface area contributed by atoms with Crippen LogP contribution in [0.1, 0.15) is 12.0 Å². The predicted octanol–water partition coefficient (Wildman–Crippen LogP) is 3.91. The average molecular weight is 377 g/mol. The highest BCUT2D eigenvalue weighted by Gasteiger charge is 2.05. The van der Waals surface area contributed by atoms with Gasteiger partial charge in [0.05, 0.1) is 6.61 Å². The third-order valence-electron chi connectivity index (χ3n) is 3.43. The normalized spacial score (nSPS) is 10.3. The molecule has 0 amide bonds. The van der Waals surface area contributed by atoms with Gasteiger partial charge in [0, 0.05) is 17.9 Å². The van der Waals surface area contributed by atoms with Gasteiger partial charge in [-0.1, -0.05) is 54.2 Å². The minimum Gasteiger partial charge on any atom is -0.494 e. The summed E-state index contributed by atoms with van der Waals surface area (Å²) in [6.45, 7) is 1.19. The zero-order chi connectivity index (χ0) is 16.6.